The number of rotatable bonds is 4. The van der Waals surface area contributed by atoms with Crippen molar-refractivity contribution < 1.29 is 21.6 Å². The molecular formula is C20H30N2O5S2. The van der Waals surface area contributed by atoms with Crippen molar-refractivity contribution >= 4 is 25.6 Å². The van der Waals surface area contributed by atoms with Crippen LogP contribution < -0.4 is 5.73 Å². The van der Waals surface area contributed by atoms with Gasteiger partial charge in [0.05, 0.1) is 21.7 Å². The van der Waals surface area contributed by atoms with E-state index in [4.69, 9.17) is 5.73 Å². The van der Waals surface area contributed by atoms with Gasteiger partial charge in [-0.1, -0.05) is 32.9 Å². The zero-order valence-electron chi connectivity index (χ0n) is 17.2. The van der Waals surface area contributed by atoms with Crippen molar-refractivity contribution in [3.63, 3.8) is 0 Å². The van der Waals surface area contributed by atoms with E-state index < -0.39 is 31.0 Å². The number of carbonyl (C=O) groups is 1. The molecule has 2 fully saturated rings. The van der Waals surface area contributed by atoms with Crippen molar-refractivity contribution in [3.05, 3.63) is 29.8 Å². The Bertz CT molecular complexity index is 971. The number of piperidine rings is 1. The number of carbonyl (C=O) groups excluding carboxylic acids is 1. The van der Waals surface area contributed by atoms with Crippen LogP contribution in [-0.4, -0.2) is 63.5 Å². The Balaban J connectivity index is 1.87. The van der Waals surface area contributed by atoms with Crippen LogP contribution in [0.3, 0.4) is 0 Å². The van der Waals surface area contributed by atoms with Crippen molar-refractivity contribution in [2.75, 3.05) is 24.6 Å². The van der Waals surface area contributed by atoms with E-state index in [1.54, 1.807) is 24.3 Å². The summed E-state index contributed by atoms with van der Waals surface area (Å²) < 4.78 is 51.4. The van der Waals surface area contributed by atoms with Crippen LogP contribution in [-0.2, 0) is 29.9 Å². The third-order valence-electron chi connectivity index (χ3n) is 6.12. The molecule has 1 aromatic carbocycles. The van der Waals surface area contributed by atoms with Crippen LogP contribution in [0.1, 0.15) is 39.2 Å². The van der Waals surface area contributed by atoms with Crippen molar-refractivity contribution in [3.8, 4) is 0 Å². The van der Waals surface area contributed by atoms with Crippen LogP contribution in [0.4, 0.5) is 0 Å². The second-order valence-corrected chi connectivity index (χ2v) is 13.5. The number of nitrogens with zero attached hydrogens (tertiary/aromatic N) is 1. The lowest BCUT2D eigenvalue weighted by Gasteiger charge is -2.36. The van der Waals surface area contributed by atoms with E-state index in [-0.39, 0.29) is 33.6 Å². The molecule has 0 aromatic heterocycles. The normalized spacial score (nSPS) is 26.4. The minimum atomic E-state index is -3.81. The topological polar surface area (TPSA) is 115 Å². The van der Waals surface area contributed by atoms with Gasteiger partial charge in [-0.15, -0.1) is 0 Å². The molecule has 0 saturated carbocycles. The molecule has 2 aliphatic rings. The average Bonchev–Trinajstić information content (AvgIpc) is 2.97. The van der Waals surface area contributed by atoms with E-state index in [0.29, 0.717) is 25.9 Å². The summed E-state index contributed by atoms with van der Waals surface area (Å²) in [6.45, 7) is 7.09. The Kier molecular flexibility index (Phi) is 5.88. The maximum atomic E-state index is 13.3. The summed E-state index contributed by atoms with van der Waals surface area (Å²) in [5.74, 6) is -1.12. The molecule has 3 rings (SSSR count). The minimum absolute atomic E-state index is 0.105. The van der Waals surface area contributed by atoms with Crippen molar-refractivity contribution in [2.24, 2.45) is 11.7 Å². The summed E-state index contributed by atoms with van der Waals surface area (Å²) in [5, 5.41) is -1.00. The van der Waals surface area contributed by atoms with Gasteiger partial charge in [-0.25, -0.2) is 16.8 Å². The van der Waals surface area contributed by atoms with Gasteiger partial charge in [0, 0.05) is 12.0 Å². The Morgan fingerprint density at radius 1 is 1.07 bits per heavy atom. The summed E-state index contributed by atoms with van der Waals surface area (Å²) in [5.41, 5.74) is 6.28. The van der Waals surface area contributed by atoms with E-state index in [2.05, 4.69) is 0 Å². The van der Waals surface area contributed by atoms with Gasteiger partial charge in [0.2, 0.25) is 5.91 Å². The standard InChI is InChI=1S/C20H30N2O5S2/c1-20(2,3)15-4-6-16(7-5-15)29(26,27)18-13-28(24,25)12-17(18)22-10-8-14(9-11-22)19(21)23/h4-7,14,17-18H,8-13H2,1-3H3,(H2,21,23). The monoisotopic (exact) mass is 442 g/mol. The van der Waals surface area contributed by atoms with Gasteiger partial charge in [-0.2, -0.15) is 0 Å². The zero-order chi connectivity index (χ0) is 21.6. The van der Waals surface area contributed by atoms with E-state index in [1.165, 1.54) is 0 Å². The molecule has 0 spiro atoms. The van der Waals surface area contributed by atoms with Gasteiger partial charge in [-0.05, 0) is 49.0 Å². The second-order valence-electron chi connectivity index (χ2n) is 9.21. The number of primary amides is 1. The van der Waals surface area contributed by atoms with Crippen LogP contribution in [0.5, 0.6) is 0 Å². The highest BCUT2D eigenvalue weighted by Crippen LogP contribution is 2.32. The van der Waals surface area contributed by atoms with Crippen molar-refractivity contribution in [2.45, 2.75) is 55.2 Å². The Hall–Kier alpha value is -1.45. The summed E-state index contributed by atoms with van der Waals surface area (Å²) >= 11 is 0. The number of benzene rings is 1. The average molecular weight is 443 g/mol. The molecule has 9 heteroatoms. The molecule has 0 aliphatic carbocycles. The second kappa shape index (κ2) is 7.67. The molecule has 2 saturated heterocycles. The first-order chi connectivity index (χ1) is 13.3. The number of nitrogens with two attached hydrogens (primary N) is 1. The van der Waals surface area contributed by atoms with Gasteiger partial charge in [0.25, 0.3) is 0 Å². The van der Waals surface area contributed by atoms with Gasteiger partial charge in [0.1, 0.15) is 0 Å². The van der Waals surface area contributed by atoms with E-state index in [0.717, 1.165) is 5.56 Å². The highest BCUT2D eigenvalue weighted by Gasteiger charge is 2.48. The SMILES string of the molecule is CC(C)(C)c1ccc(S(=O)(=O)C2CS(=O)(=O)CC2N2CCC(C(N)=O)CC2)cc1. The molecule has 7 nitrogen and oxygen atoms in total. The first-order valence-corrected chi connectivity index (χ1v) is 13.3. The summed E-state index contributed by atoms with van der Waals surface area (Å²) in [4.78, 5) is 13.5. The molecule has 2 atom stereocenters. The fraction of sp³-hybridized carbons (Fsp3) is 0.650. The molecule has 2 heterocycles. The lowest BCUT2D eigenvalue weighted by atomic mass is 9.87. The molecule has 29 heavy (non-hydrogen) atoms. The smallest absolute Gasteiger partial charge is 0.220 e. The molecule has 0 radical (unpaired) electrons. The Morgan fingerprint density at radius 3 is 2.10 bits per heavy atom. The largest absolute Gasteiger partial charge is 0.369 e. The van der Waals surface area contributed by atoms with Crippen molar-refractivity contribution in [1.29, 1.82) is 0 Å². The quantitative estimate of drug-likeness (QED) is 0.747. The molecule has 0 bridgehead atoms. The van der Waals surface area contributed by atoms with Gasteiger partial charge in [0.15, 0.2) is 19.7 Å². The molecule has 2 unspecified atom stereocenters. The minimum Gasteiger partial charge on any atom is -0.369 e. The summed E-state index contributed by atoms with van der Waals surface area (Å²) in [7, 11) is -7.27. The van der Waals surface area contributed by atoms with E-state index in [1.807, 2.05) is 25.7 Å². The first kappa shape index (κ1) is 22.2. The number of sulfone groups is 2. The lowest BCUT2D eigenvalue weighted by Crippen LogP contribution is -2.50. The number of hydrogen-bond donors (Lipinski definition) is 1. The van der Waals surface area contributed by atoms with Crippen LogP contribution in [0.15, 0.2) is 29.2 Å². The summed E-state index contributed by atoms with van der Waals surface area (Å²) in [6, 6.07) is 6.16. The predicted octanol–water partition coefficient (Wildman–Crippen LogP) is 1.12. The Labute approximate surface area is 173 Å². The lowest BCUT2D eigenvalue weighted by molar-refractivity contribution is -0.123. The van der Waals surface area contributed by atoms with Crippen LogP contribution in [0, 0.1) is 5.92 Å². The first-order valence-electron chi connectivity index (χ1n) is 9.89. The highest BCUT2D eigenvalue weighted by atomic mass is 32.2. The van der Waals surface area contributed by atoms with Gasteiger partial charge < -0.3 is 5.73 Å². The molecule has 162 valence electrons. The number of hydrogen-bond acceptors (Lipinski definition) is 6. The number of amides is 1. The predicted molar refractivity (Wildman–Crippen MR) is 112 cm³/mol. The number of likely N-dealkylation sites (tertiary alicyclic amines) is 1. The fourth-order valence-corrected chi connectivity index (χ4v) is 9.10. The third-order valence-corrected chi connectivity index (χ3v) is 10.3. The molecular weight excluding hydrogens is 412 g/mol. The maximum absolute atomic E-state index is 13.3. The third kappa shape index (κ3) is 4.67. The molecule has 1 aromatic rings. The molecule has 2 aliphatic heterocycles. The van der Waals surface area contributed by atoms with Crippen LogP contribution >= 0.6 is 0 Å². The van der Waals surface area contributed by atoms with Gasteiger partial charge >= 0.3 is 0 Å². The van der Waals surface area contributed by atoms with Crippen molar-refractivity contribution in [1.82, 2.24) is 4.90 Å². The van der Waals surface area contributed by atoms with Gasteiger partial charge in [-0.3, -0.25) is 9.69 Å². The Morgan fingerprint density at radius 2 is 1.62 bits per heavy atom. The zero-order valence-corrected chi connectivity index (χ0v) is 18.8. The van der Waals surface area contributed by atoms with E-state index in [9.17, 15) is 21.6 Å². The maximum Gasteiger partial charge on any atom is 0.220 e. The molecule has 1 amide bonds. The highest BCUT2D eigenvalue weighted by molar-refractivity contribution is 7.96. The molecule has 2 N–H and O–H groups in total. The van der Waals surface area contributed by atoms with Crippen LogP contribution in [0.25, 0.3) is 0 Å². The fourth-order valence-electron chi connectivity index (χ4n) is 4.27. The summed E-state index contributed by atoms with van der Waals surface area (Å²) in [6.07, 6.45) is 1.05. The van der Waals surface area contributed by atoms with Crippen LogP contribution in [0.2, 0.25) is 0 Å². The van der Waals surface area contributed by atoms with E-state index >= 15 is 0 Å².